The molecule has 3 saturated carbocycles. The topological polar surface area (TPSA) is 0 Å². The van der Waals surface area contributed by atoms with E-state index >= 15 is 0 Å². The van der Waals surface area contributed by atoms with Crippen LogP contribution in [0.1, 0.15) is 39.5 Å². The molecule has 11 heavy (non-hydrogen) atoms. The van der Waals surface area contributed by atoms with Gasteiger partial charge in [-0.25, -0.2) is 0 Å². The summed E-state index contributed by atoms with van der Waals surface area (Å²) in [4.78, 5) is 0. The highest BCUT2D eigenvalue weighted by atomic mass is 14.7. The molecule has 5 atom stereocenters. The van der Waals surface area contributed by atoms with Gasteiger partial charge in [0.05, 0.1) is 0 Å². The molecular formula is C11H18. The van der Waals surface area contributed by atoms with Crippen LogP contribution in [-0.4, -0.2) is 0 Å². The molecule has 1 spiro atoms. The van der Waals surface area contributed by atoms with Gasteiger partial charge >= 0.3 is 0 Å². The smallest absolute Gasteiger partial charge is 0.0210 e. The van der Waals surface area contributed by atoms with Gasteiger partial charge in [-0.2, -0.15) is 0 Å². The van der Waals surface area contributed by atoms with Gasteiger partial charge in [0.2, 0.25) is 0 Å². The molecule has 0 nitrogen and oxygen atoms in total. The van der Waals surface area contributed by atoms with Gasteiger partial charge in [0.25, 0.3) is 0 Å². The zero-order valence-corrected chi connectivity index (χ0v) is 7.64. The number of hydrogen-bond acceptors (Lipinski definition) is 0. The van der Waals surface area contributed by atoms with Gasteiger partial charge in [0, 0.05) is 0 Å². The highest BCUT2D eigenvalue weighted by Gasteiger charge is 2.69. The maximum Gasteiger partial charge on any atom is -0.0210 e. The van der Waals surface area contributed by atoms with E-state index in [1.54, 1.807) is 19.3 Å². The van der Waals surface area contributed by atoms with E-state index in [1.807, 2.05) is 0 Å². The zero-order valence-electron chi connectivity index (χ0n) is 7.64. The fourth-order valence-corrected chi connectivity index (χ4v) is 4.68. The van der Waals surface area contributed by atoms with Crippen LogP contribution >= 0.6 is 0 Å². The monoisotopic (exact) mass is 150 g/mol. The number of rotatable bonds is 0. The van der Waals surface area contributed by atoms with Crippen LogP contribution in [0.3, 0.4) is 0 Å². The first kappa shape index (κ1) is 6.51. The van der Waals surface area contributed by atoms with E-state index < -0.39 is 0 Å². The van der Waals surface area contributed by atoms with Crippen LogP contribution in [-0.2, 0) is 0 Å². The molecular weight excluding hydrogens is 132 g/mol. The second-order valence-corrected chi connectivity index (χ2v) is 5.19. The Morgan fingerprint density at radius 3 is 2.73 bits per heavy atom. The molecule has 3 aliphatic carbocycles. The van der Waals surface area contributed by atoms with Gasteiger partial charge in [0.15, 0.2) is 0 Å². The Labute approximate surface area is 69.4 Å². The standard InChI is InChI=1S/C11H18/c1-7-8(2)11-5-3-4-9(11)6-10(7)11/h7-10H,3-6H2,1-2H3. The normalized spacial score (nSPS) is 66.0. The Bertz CT molecular complexity index is 188. The molecule has 0 heterocycles. The molecule has 0 aromatic rings. The first-order valence-corrected chi connectivity index (χ1v) is 5.27. The van der Waals surface area contributed by atoms with Crippen LogP contribution in [0.15, 0.2) is 0 Å². The SMILES string of the molecule is CC1C(C)C23CCCC2CC13. The average molecular weight is 150 g/mol. The lowest BCUT2D eigenvalue weighted by molar-refractivity contribution is -0.219. The predicted molar refractivity (Wildman–Crippen MR) is 46.2 cm³/mol. The molecule has 3 rings (SSSR count). The Morgan fingerprint density at radius 1 is 1.27 bits per heavy atom. The van der Waals surface area contributed by atoms with E-state index in [9.17, 15) is 0 Å². The van der Waals surface area contributed by atoms with Crippen molar-refractivity contribution in [2.75, 3.05) is 0 Å². The minimum absolute atomic E-state index is 0.902. The van der Waals surface area contributed by atoms with Crippen LogP contribution in [0, 0.1) is 29.1 Å². The summed E-state index contributed by atoms with van der Waals surface area (Å²) in [5, 5.41) is 0. The fourth-order valence-electron chi connectivity index (χ4n) is 4.68. The second kappa shape index (κ2) is 1.67. The van der Waals surface area contributed by atoms with Crippen molar-refractivity contribution in [3.8, 4) is 0 Å². The van der Waals surface area contributed by atoms with Crippen molar-refractivity contribution in [3.05, 3.63) is 0 Å². The van der Waals surface area contributed by atoms with E-state index in [0.29, 0.717) is 0 Å². The molecule has 0 N–H and O–H groups in total. The van der Waals surface area contributed by atoms with Crippen molar-refractivity contribution in [1.82, 2.24) is 0 Å². The molecule has 0 aliphatic heterocycles. The quantitative estimate of drug-likeness (QED) is 0.498. The van der Waals surface area contributed by atoms with Gasteiger partial charge in [0.1, 0.15) is 0 Å². The third kappa shape index (κ3) is 0.467. The third-order valence-electron chi connectivity index (χ3n) is 5.42. The molecule has 0 aromatic heterocycles. The summed E-state index contributed by atoms with van der Waals surface area (Å²) >= 11 is 0. The molecule has 0 saturated heterocycles. The van der Waals surface area contributed by atoms with Crippen molar-refractivity contribution in [2.24, 2.45) is 29.1 Å². The summed E-state index contributed by atoms with van der Waals surface area (Å²) in [5.74, 6) is 4.45. The van der Waals surface area contributed by atoms with Crippen molar-refractivity contribution in [1.29, 1.82) is 0 Å². The van der Waals surface area contributed by atoms with Crippen molar-refractivity contribution in [2.45, 2.75) is 39.5 Å². The van der Waals surface area contributed by atoms with E-state index in [1.165, 1.54) is 12.3 Å². The molecule has 0 amide bonds. The van der Waals surface area contributed by atoms with Gasteiger partial charge < -0.3 is 0 Å². The highest BCUT2D eigenvalue weighted by Crippen LogP contribution is 2.76. The molecule has 0 bridgehead atoms. The number of hydrogen-bond donors (Lipinski definition) is 0. The second-order valence-electron chi connectivity index (χ2n) is 5.19. The van der Waals surface area contributed by atoms with Crippen LogP contribution in [0.25, 0.3) is 0 Å². The average Bonchev–Trinajstić information content (AvgIpc) is 2.32. The van der Waals surface area contributed by atoms with E-state index in [2.05, 4.69) is 13.8 Å². The molecule has 62 valence electrons. The largest absolute Gasteiger partial charge is 0.0619 e. The molecule has 3 fully saturated rings. The highest BCUT2D eigenvalue weighted by molar-refractivity contribution is 5.17. The van der Waals surface area contributed by atoms with Gasteiger partial charge in [-0.05, 0) is 48.3 Å². The lowest BCUT2D eigenvalue weighted by atomic mass is 9.35. The summed E-state index contributed by atoms with van der Waals surface area (Å²) in [6, 6.07) is 0. The maximum atomic E-state index is 2.50. The molecule has 0 aromatic carbocycles. The molecule has 0 radical (unpaired) electrons. The van der Waals surface area contributed by atoms with E-state index in [-0.39, 0.29) is 0 Å². The van der Waals surface area contributed by atoms with Gasteiger partial charge in [-0.1, -0.05) is 20.3 Å². The Morgan fingerprint density at radius 2 is 2.09 bits per heavy atom. The summed E-state index contributed by atoms with van der Waals surface area (Å²) in [5.41, 5.74) is 0.902. The summed E-state index contributed by atoms with van der Waals surface area (Å²) in [6.07, 6.45) is 6.27. The van der Waals surface area contributed by atoms with Crippen LogP contribution < -0.4 is 0 Å². The molecule has 0 heteroatoms. The Hall–Kier alpha value is 0. The van der Waals surface area contributed by atoms with Crippen molar-refractivity contribution < 1.29 is 0 Å². The van der Waals surface area contributed by atoms with Crippen LogP contribution in [0.4, 0.5) is 0 Å². The first-order valence-electron chi connectivity index (χ1n) is 5.27. The Balaban J connectivity index is 1.92. The van der Waals surface area contributed by atoms with Crippen molar-refractivity contribution in [3.63, 3.8) is 0 Å². The molecule has 5 unspecified atom stereocenters. The summed E-state index contributed by atoms with van der Waals surface area (Å²) < 4.78 is 0. The lowest BCUT2D eigenvalue weighted by Gasteiger charge is -2.70. The summed E-state index contributed by atoms with van der Waals surface area (Å²) in [6.45, 7) is 4.97. The van der Waals surface area contributed by atoms with Crippen LogP contribution in [0.2, 0.25) is 0 Å². The maximum absolute atomic E-state index is 2.50. The van der Waals surface area contributed by atoms with Gasteiger partial charge in [-0.3, -0.25) is 0 Å². The Kier molecular flexibility index (Phi) is 0.990. The fraction of sp³-hybridized carbons (Fsp3) is 1.00. The van der Waals surface area contributed by atoms with Gasteiger partial charge in [-0.15, -0.1) is 0 Å². The zero-order chi connectivity index (χ0) is 7.64. The van der Waals surface area contributed by atoms with E-state index in [0.717, 1.165) is 23.2 Å². The van der Waals surface area contributed by atoms with Crippen LogP contribution in [0.5, 0.6) is 0 Å². The first-order chi connectivity index (χ1) is 5.27. The minimum atomic E-state index is 0.902. The van der Waals surface area contributed by atoms with E-state index in [4.69, 9.17) is 0 Å². The minimum Gasteiger partial charge on any atom is -0.0619 e. The molecule has 3 aliphatic rings. The summed E-state index contributed by atoms with van der Waals surface area (Å²) in [7, 11) is 0. The lowest BCUT2D eigenvalue weighted by Crippen LogP contribution is -2.64. The van der Waals surface area contributed by atoms with Crippen molar-refractivity contribution >= 4 is 0 Å². The third-order valence-corrected chi connectivity index (χ3v) is 5.42. The predicted octanol–water partition coefficient (Wildman–Crippen LogP) is 3.08.